The number of hydrogen-bond donors (Lipinski definition) is 3. The summed E-state index contributed by atoms with van der Waals surface area (Å²) in [7, 11) is -4.72. The fourth-order valence-corrected chi connectivity index (χ4v) is 6.38. The van der Waals surface area contributed by atoms with Gasteiger partial charge in [-0.05, 0) is 32.1 Å². The van der Waals surface area contributed by atoms with Crippen molar-refractivity contribution in [1.82, 2.24) is 0 Å². The van der Waals surface area contributed by atoms with Crippen LogP contribution in [0, 0.1) is 0 Å². The van der Waals surface area contributed by atoms with E-state index >= 15 is 0 Å². The number of esters is 2. The van der Waals surface area contributed by atoms with Crippen LogP contribution >= 0.6 is 7.82 Å². The normalized spacial score (nSPS) is 14.3. The van der Waals surface area contributed by atoms with E-state index in [1.54, 1.807) is 0 Å². The Labute approximate surface area is 333 Å². The molecular weight excluding hydrogens is 721 g/mol. The highest BCUT2D eigenvalue weighted by atomic mass is 31.2. The van der Waals surface area contributed by atoms with Gasteiger partial charge in [0, 0.05) is 12.8 Å². The van der Waals surface area contributed by atoms with Crippen LogP contribution in [0.1, 0.15) is 174 Å². The van der Waals surface area contributed by atoms with E-state index < -0.39 is 51.1 Å². The number of phosphoric ester groups is 1. The van der Waals surface area contributed by atoms with E-state index in [2.05, 4.69) is 30.5 Å². The predicted molar refractivity (Wildman–Crippen MR) is 222 cm³/mol. The molecule has 11 nitrogen and oxygen atoms in total. The molecule has 0 aliphatic heterocycles. The zero-order valence-electron chi connectivity index (χ0n) is 34.3. The van der Waals surface area contributed by atoms with E-state index in [-0.39, 0.29) is 19.4 Å². The molecule has 0 fully saturated rings. The zero-order valence-corrected chi connectivity index (χ0v) is 35.2. The number of carbonyl (C=O) groups excluding carboxylic acids is 2. The van der Waals surface area contributed by atoms with Gasteiger partial charge in [-0.25, -0.2) is 4.57 Å². The molecule has 318 valence electrons. The lowest BCUT2D eigenvalue weighted by molar-refractivity contribution is -0.161. The maximum absolute atomic E-state index is 12.6. The molecule has 0 aromatic rings. The van der Waals surface area contributed by atoms with Crippen molar-refractivity contribution in [1.29, 1.82) is 0 Å². The summed E-state index contributed by atoms with van der Waals surface area (Å²) in [6, 6.07) is -1.52. The minimum absolute atomic E-state index is 0.157. The Kier molecular flexibility index (Phi) is 36.5. The molecule has 3 atom stereocenters. The Morgan fingerprint density at radius 1 is 0.582 bits per heavy atom. The topological polar surface area (TPSA) is 172 Å². The number of nitrogens with two attached hydrogens (primary N) is 1. The summed E-state index contributed by atoms with van der Waals surface area (Å²) in [6.07, 6.45) is 41.7. The first-order valence-electron chi connectivity index (χ1n) is 21.2. The Morgan fingerprint density at radius 3 is 1.53 bits per heavy atom. The van der Waals surface area contributed by atoms with Crippen LogP contribution in [-0.4, -0.2) is 59.9 Å². The van der Waals surface area contributed by atoms with E-state index in [1.165, 1.54) is 77.0 Å². The number of rotatable bonds is 39. The van der Waals surface area contributed by atoms with Crippen molar-refractivity contribution in [2.75, 3.05) is 19.8 Å². The van der Waals surface area contributed by atoms with Crippen molar-refractivity contribution >= 4 is 25.7 Å². The molecule has 0 aromatic heterocycles. The highest BCUT2D eigenvalue weighted by molar-refractivity contribution is 7.47. The van der Waals surface area contributed by atoms with Crippen molar-refractivity contribution in [3.8, 4) is 0 Å². The molecule has 0 saturated heterocycles. The molecule has 55 heavy (non-hydrogen) atoms. The summed E-state index contributed by atoms with van der Waals surface area (Å²) < 4.78 is 32.7. The second-order valence-corrected chi connectivity index (χ2v) is 15.6. The maximum Gasteiger partial charge on any atom is 0.472 e. The largest absolute Gasteiger partial charge is 0.480 e. The van der Waals surface area contributed by atoms with Crippen LogP contribution in [-0.2, 0) is 37.5 Å². The van der Waals surface area contributed by atoms with Gasteiger partial charge >= 0.3 is 25.7 Å². The van der Waals surface area contributed by atoms with Gasteiger partial charge in [-0.3, -0.25) is 23.4 Å². The van der Waals surface area contributed by atoms with Crippen molar-refractivity contribution < 1.29 is 47.5 Å². The summed E-state index contributed by atoms with van der Waals surface area (Å²) >= 11 is 0. The smallest absolute Gasteiger partial charge is 0.472 e. The van der Waals surface area contributed by atoms with Gasteiger partial charge in [-0.2, -0.15) is 0 Å². The number of aliphatic carboxylic acids is 1. The summed E-state index contributed by atoms with van der Waals surface area (Å²) in [5.41, 5.74) is 5.33. The van der Waals surface area contributed by atoms with Crippen LogP contribution < -0.4 is 5.73 Å². The fraction of sp³-hybridized carbons (Fsp3) is 0.744. The minimum atomic E-state index is -4.72. The number of hydrogen-bond acceptors (Lipinski definition) is 9. The number of carboxylic acids is 1. The summed E-state index contributed by atoms with van der Waals surface area (Å²) in [5, 5.41) is 8.88. The van der Waals surface area contributed by atoms with Crippen LogP contribution in [0.3, 0.4) is 0 Å². The van der Waals surface area contributed by atoms with Gasteiger partial charge < -0.3 is 25.2 Å². The fourth-order valence-electron chi connectivity index (χ4n) is 5.60. The van der Waals surface area contributed by atoms with Crippen molar-refractivity contribution in [3.05, 3.63) is 48.6 Å². The Bertz CT molecular complexity index is 1120. The monoisotopic (exact) mass is 798 g/mol. The molecule has 0 radical (unpaired) electrons. The summed E-state index contributed by atoms with van der Waals surface area (Å²) in [6.45, 7) is 2.64. The second kappa shape index (κ2) is 38.3. The third-order valence-corrected chi connectivity index (χ3v) is 9.89. The van der Waals surface area contributed by atoms with Crippen LogP contribution in [0.5, 0.6) is 0 Å². The number of allylic oxidation sites excluding steroid dienone is 8. The zero-order chi connectivity index (χ0) is 40.7. The number of carboxylic acid groups (broad SMARTS) is 1. The van der Waals surface area contributed by atoms with Gasteiger partial charge in [0.1, 0.15) is 12.6 Å². The van der Waals surface area contributed by atoms with Gasteiger partial charge in [0.15, 0.2) is 6.10 Å². The van der Waals surface area contributed by atoms with Crippen molar-refractivity contribution in [3.63, 3.8) is 0 Å². The lowest BCUT2D eigenvalue weighted by atomic mass is 10.0. The van der Waals surface area contributed by atoms with Crippen molar-refractivity contribution in [2.24, 2.45) is 5.73 Å². The van der Waals surface area contributed by atoms with Gasteiger partial charge in [0.2, 0.25) is 0 Å². The van der Waals surface area contributed by atoms with Gasteiger partial charge in [0.25, 0.3) is 0 Å². The van der Waals surface area contributed by atoms with Gasteiger partial charge in [-0.15, -0.1) is 0 Å². The molecule has 0 saturated carbocycles. The Balaban J connectivity index is 4.40. The number of unbranched alkanes of at least 4 members (excludes halogenated alkanes) is 20. The average molecular weight is 798 g/mol. The molecule has 0 aromatic carbocycles. The standard InChI is InChI=1S/C43H76NO10P/c1-3-5-7-9-11-13-15-17-19-21-23-25-27-29-31-33-35-42(46)54-39(37-52-55(49,50)53-38-40(44)43(47)48)36-51-41(45)34-32-30-28-26-24-22-20-18-16-14-12-10-8-6-4-2/h6,8,10,12,14,16,18,20,39-40H,3-5,7,9,11,13,15,17,19,21-38,44H2,1-2H3,(H,47,48)(H,49,50)/b8-6+,12-10+,16-14+,20-18+/t39-,40+/m1/s1. The van der Waals surface area contributed by atoms with E-state index in [9.17, 15) is 23.8 Å². The lowest BCUT2D eigenvalue weighted by Crippen LogP contribution is -2.34. The molecule has 4 N–H and O–H groups in total. The molecule has 0 heterocycles. The second-order valence-electron chi connectivity index (χ2n) is 14.2. The quantitative estimate of drug-likeness (QED) is 0.0234. The van der Waals surface area contributed by atoms with E-state index in [4.69, 9.17) is 24.8 Å². The maximum atomic E-state index is 12.6. The average Bonchev–Trinajstić information content (AvgIpc) is 3.16. The highest BCUT2D eigenvalue weighted by Gasteiger charge is 2.28. The molecular formula is C43H76NO10P. The van der Waals surface area contributed by atoms with Crippen LogP contribution in [0.15, 0.2) is 48.6 Å². The molecule has 0 spiro atoms. The SMILES string of the molecule is CC/C=C/C=C/C=C/C=C/CCCCCCCC(=O)OC[C@H](COP(=O)(O)OC[C@H](N)C(=O)O)OC(=O)CCCCCCCCCCCCCCCCCC. The number of carbonyl (C=O) groups is 3. The van der Waals surface area contributed by atoms with Crippen molar-refractivity contribution in [2.45, 2.75) is 187 Å². The minimum Gasteiger partial charge on any atom is -0.480 e. The Morgan fingerprint density at radius 2 is 1.02 bits per heavy atom. The van der Waals surface area contributed by atoms with E-state index in [1.807, 2.05) is 36.5 Å². The first kappa shape index (κ1) is 52.4. The molecule has 1 unspecified atom stereocenters. The third-order valence-electron chi connectivity index (χ3n) is 8.94. The molecule has 0 bridgehead atoms. The summed E-state index contributed by atoms with van der Waals surface area (Å²) in [4.78, 5) is 45.9. The van der Waals surface area contributed by atoms with Crippen LogP contribution in [0.25, 0.3) is 0 Å². The lowest BCUT2D eigenvalue weighted by Gasteiger charge is -2.20. The van der Waals surface area contributed by atoms with Gasteiger partial charge in [0.05, 0.1) is 13.2 Å². The van der Waals surface area contributed by atoms with Crippen LogP contribution in [0.2, 0.25) is 0 Å². The third kappa shape index (κ3) is 38.1. The Hall–Kier alpha value is -2.56. The van der Waals surface area contributed by atoms with Crippen LogP contribution in [0.4, 0.5) is 0 Å². The predicted octanol–water partition coefficient (Wildman–Crippen LogP) is 11.0. The summed E-state index contributed by atoms with van der Waals surface area (Å²) in [5.74, 6) is -2.41. The number of ether oxygens (including phenoxy) is 2. The first-order valence-corrected chi connectivity index (χ1v) is 22.7. The van der Waals surface area contributed by atoms with E-state index in [0.717, 1.165) is 57.8 Å². The molecule has 0 rings (SSSR count). The molecule has 0 aliphatic carbocycles. The van der Waals surface area contributed by atoms with Gasteiger partial charge in [-0.1, -0.05) is 178 Å². The highest BCUT2D eigenvalue weighted by Crippen LogP contribution is 2.43. The molecule has 0 aliphatic rings. The molecule has 0 amide bonds. The number of phosphoric acid groups is 1. The van der Waals surface area contributed by atoms with E-state index in [0.29, 0.717) is 12.8 Å². The first-order chi connectivity index (χ1) is 26.6. The molecule has 12 heteroatoms.